The topological polar surface area (TPSA) is 19.9 Å². The zero-order valence-electron chi connectivity index (χ0n) is 7.47. The molecule has 11 heavy (non-hydrogen) atoms. The van der Waals surface area contributed by atoms with E-state index in [0.29, 0.717) is 0 Å². The number of rotatable bonds is 0. The van der Waals surface area contributed by atoms with Crippen molar-refractivity contribution in [1.29, 1.82) is 0 Å². The van der Waals surface area contributed by atoms with Crippen LogP contribution in [0.25, 0.3) is 0 Å². The van der Waals surface area contributed by atoms with Gasteiger partial charge >= 0.3 is 0 Å². The molecule has 2 rings (SSSR count). The van der Waals surface area contributed by atoms with Gasteiger partial charge < -0.3 is 10.2 Å². The molecule has 1 spiro atoms. The summed E-state index contributed by atoms with van der Waals surface area (Å²) >= 11 is 0. The third-order valence-corrected chi connectivity index (χ3v) is 3.50. The first-order valence-electron chi connectivity index (χ1n) is 4.81. The smallest absolute Gasteiger partial charge is 0.0815 e. The SMILES string of the molecule is CN1CCC2(CC[NH2+]C2)CC1. The Kier molecular flexibility index (Phi) is 1.90. The van der Waals surface area contributed by atoms with E-state index in [-0.39, 0.29) is 0 Å². The van der Waals surface area contributed by atoms with Crippen LogP contribution in [0.15, 0.2) is 0 Å². The summed E-state index contributed by atoms with van der Waals surface area (Å²) in [4.78, 5) is 2.46. The van der Waals surface area contributed by atoms with Gasteiger partial charge in [-0.3, -0.25) is 0 Å². The summed E-state index contributed by atoms with van der Waals surface area (Å²) in [5.41, 5.74) is 0.756. The third kappa shape index (κ3) is 1.42. The van der Waals surface area contributed by atoms with Gasteiger partial charge in [-0.2, -0.15) is 0 Å². The summed E-state index contributed by atoms with van der Waals surface area (Å²) in [7, 11) is 2.24. The predicted molar refractivity (Wildman–Crippen MR) is 45.4 cm³/mol. The summed E-state index contributed by atoms with van der Waals surface area (Å²) in [6.07, 6.45) is 4.36. The minimum Gasteiger partial charge on any atom is -0.346 e. The van der Waals surface area contributed by atoms with Crippen LogP contribution in [-0.4, -0.2) is 38.1 Å². The molecule has 2 aliphatic heterocycles. The Morgan fingerprint density at radius 1 is 1.18 bits per heavy atom. The van der Waals surface area contributed by atoms with Gasteiger partial charge in [-0.05, 0) is 33.0 Å². The Hall–Kier alpha value is -0.0800. The zero-order valence-corrected chi connectivity index (χ0v) is 7.47. The second kappa shape index (κ2) is 2.76. The molecule has 2 aliphatic rings. The van der Waals surface area contributed by atoms with Gasteiger partial charge in [0.05, 0.1) is 13.1 Å². The number of hydrogen-bond donors (Lipinski definition) is 1. The molecule has 0 atom stereocenters. The third-order valence-electron chi connectivity index (χ3n) is 3.50. The first-order valence-corrected chi connectivity index (χ1v) is 4.81. The molecule has 0 radical (unpaired) electrons. The number of nitrogens with two attached hydrogens (primary N) is 1. The van der Waals surface area contributed by atoms with E-state index in [1.54, 1.807) is 0 Å². The molecular weight excluding hydrogens is 136 g/mol. The standard InChI is InChI=1S/C9H18N2/c1-11-6-3-9(4-7-11)2-5-10-8-9/h10H,2-8H2,1H3/p+1. The Morgan fingerprint density at radius 3 is 2.45 bits per heavy atom. The van der Waals surface area contributed by atoms with Gasteiger partial charge in [0.2, 0.25) is 0 Å². The molecule has 0 aromatic carbocycles. The van der Waals surface area contributed by atoms with Gasteiger partial charge in [0.25, 0.3) is 0 Å². The van der Waals surface area contributed by atoms with Crippen LogP contribution in [0, 0.1) is 5.41 Å². The highest BCUT2D eigenvalue weighted by Gasteiger charge is 2.38. The lowest BCUT2D eigenvalue weighted by atomic mass is 9.78. The molecule has 64 valence electrons. The van der Waals surface area contributed by atoms with Crippen molar-refractivity contribution in [2.75, 3.05) is 33.2 Å². The van der Waals surface area contributed by atoms with Crippen LogP contribution in [0.3, 0.4) is 0 Å². The van der Waals surface area contributed by atoms with Crippen molar-refractivity contribution in [2.24, 2.45) is 5.41 Å². The number of nitrogens with zero attached hydrogens (tertiary/aromatic N) is 1. The van der Waals surface area contributed by atoms with Crippen LogP contribution in [0.2, 0.25) is 0 Å². The van der Waals surface area contributed by atoms with E-state index in [9.17, 15) is 0 Å². The first kappa shape index (κ1) is 7.56. The molecule has 2 heterocycles. The second-order valence-electron chi connectivity index (χ2n) is 4.33. The van der Waals surface area contributed by atoms with Gasteiger partial charge in [0.1, 0.15) is 0 Å². The second-order valence-corrected chi connectivity index (χ2v) is 4.33. The van der Waals surface area contributed by atoms with Crippen LogP contribution in [0.5, 0.6) is 0 Å². The van der Waals surface area contributed by atoms with Crippen molar-refractivity contribution in [1.82, 2.24) is 4.90 Å². The van der Waals surface area contributed by atoms with Gasteiger partial charge in [0.15, 0.2) is 0 Å². The molecule has 2 N–H and O–H groups in total. The van der Waals surface area contributed by atoms with Crippen molar-refractivity contribution in [3.63, 3.8) is 0 Å². The van der Waals surface area contributed by atoms with Crippen LogP contribution in [0.1, 0.15) is 19.3 Å². The lowest BCUT2D eigenvalue weighted by molar-refractivity contribution is -0.641. The maximum absolute atomic E-state index is 2.49. The van der Waals surface area contributed by atoms with E-state index in [1.165, 1.54) is 45.4 Å². The molecule has 0 bridgehead atoms. The number of hydrogen-bond acceptors (Lipinski definition) is 1. The summed E-state index contributed by atoms with van der Waals surface area (Å²) in [5.74, 6) is 0. The largest absolute Gasteiger partial charge is 0.346 e. The number of likely N-dealkylation sites (tertiary alicyclic amines) is 1. The van der Waals surface area contributed by atoms with Crippen molar-refractivity contribution >= 4 is 0 Å². The fourth-order valence-electron chi connectivity index (χ4n) is 2.47. The van der Waals surface area contributed by atoms with Gasteiger partial charge in [0, 0.05) is 11.8 Å². The Balaban J connectivity index is 1.94. The molecule has 0 aromatic heterocycles. The Morgan fingerprint density at radius 2 is 1.91 bits per heavy atom. The molecule has 0 aliphatic carbocycles. The fourth-order valence-corrected chi connectivity index (χ4v) is 2.47. The highest BCUT2D eigenvalue weighted by molar-refractivity contribution is 4.86. The predicted octanol–water partition coefficient (Wildman–Crippen LogP) is -0.334. The number of quaternary nitrogens is 1. The lowest BCUT2D eigenvalue weighted by Crippen LogP contribution is -2.82. The van der Waals surface area contributed by atoms with Crippen molar-refractivity contribution in [2.45, 2.75) is 19.3 Å². The van der Waals surface area contributed by atoms with Gasteiger partial charge in [-0.25, -0.2) is 0 Å². The molecule has 0 saturated carbocycles. The van der Waals surface area contributed by atoms with Gasteiger partial charge in [-0.1, -0.05) is 0 Å². The van der Waals surface area contributed by atoms with Crippen LogP contribution in [-0.2, 0) is 0 Å². The molecule has 2 heteroatoms. The van der Waals surface area contributed by atoms with E-state index >= 15 is 0 Å². The molecule has 0 aromatic rings. The van der Waals surface area contributed by atoms with Crippen LogP contribution in [0.4, 0.5) is 0 Å². The Bertz CT molecular complexity index is 128. The summed E-state index contributed by atoms with van der Waals surface area (Å²) in [5, 5.41) is 2.49. The summed E-state index contributed by atoms with van der Waals surface area (Å²) in [6, 6.07) is 0. The average molecular weight is 155 g/mol. The first-order chi connectivity index (χ1) is 5.31. The number of piperidine rings is 1. The maximum atomic E-state index is 2.49. The van der Waals surface area contributed by atoms with Crippen molar-refractivity contribution in [3.8, 4) is 0 Å². The highest BCUT2D eigenvalue weighted by Crippen LogP contribution is 2.34. The summed E-state index contributed by atoms with van der Waals surface area (Å²) in [6.45, 7) is 5.44. The average Bonchev–Trinajstić information content (AvgIpc) is 2.45. The van der Waals surface area contributed by atoms with Crippen LogP contribution >= 0.6 is 0 Å². The minimum atomic E-state index is 0.756. The van der Waals surface area contributed by atoms with E-state index in [0.717, 1.165) is 5.41 Å². The molecule has 2 saturated heterocycles. The quantitative estimate of drug-likeness (QED) is 0.507. The van der Waals surface area contributed by atoms with Crippen molar-refractivity contribution in [3.05, 3.63) is 0 Å². The molecule has 0 unspecified atom stereocenters. The van der Waals surface area contributed by atoms with Gasteiger partial charge in [-0.15, -0.1) is 0 Å². The van der Waals surface area contributed by atoms with E-state index in [4.69, 9.17) is 0 Å². The monoisotopic (exact) mass is 155 g/mol. The molecule has 2 nitrogen and oxygen atoms in total. The fraction of sp³-hybridized carbons (Fsp3) is 1.00. The van der Waals surface area contributed by atoms with E-state index in [1.807, 2.05) is 0 Å². The van der Waals surface area contributed by atoms with Crippen LogP contribution < -0.4 is 5.32 Å². The Labute approximate surface area is 69.0 Å². The van der Waals surface area contributed by atoms with Crippen molar-refractivity contribution < 1.29 is 5.32 Å². The maximum Gasteiger partial charge on any atom is 0.0815 e. The van der Waals surface area contributed by atoms with E-state index < -0.39 is 0 Å². The lowest BCUT2D eigenvalue weighted by Gasteiger charge is -2.35. The van der Waals surface area contributed by atoms with E-state index in [2.05, 4.69) is 17.3 Å². The minimum absolute atomic E-state index is 0.756. The summed E-state index contributed by atoms with van der Waals surface area (Å²) < 4.78 is 0. The highest BCUT2D eigenvalue weighted by atomic mass is 15.1. The molecule has 2 fully saturated rings. The molecular formula is C9H19N2+. The zero-order chi connectivity index (χ0) is 7.73. The normalized spacial score (nSPS) is 31.4. The molecule has 0 amide bonds.